The molecule has 0 spiro atoms. The SMILES string of the molecule is O=C(Nc1cc([N+](=O)[O-])ccc1F)NC1CCN(C(=O)CCc2ccccc2)CC1. The minimum Gasteiger partial charge on any atom is -0.343 e. The van der Waals surface area contributed by atoms with Gasteiger partial charge in [-0.05, 0) is 30.9 Å². The molecule has 2 aromatic carbocycles. The molecule has 30 heavy (non-hydrogen) atoms. The predicted molar refractivity (Wildman–Crippen MR) is 110 cm³/mol. The summed E-state index contributed by atoms with van der Waals surface area (Å²) in [6.45, 7) is 1.06. The highest BCUT2D eigenvalue weighted by Crippen LogP contribution is 2.21. The Hall–Kier alpha value is -3.49. The van der Waals surface area contributed by atoms with Gasteiger partial charge in [-0.15, -0.1) is 0 Å². The fourth-order valence-corrected chi connectivity index (χ4v) is 3.39. The Morgan fingerprint density at radius 3 is 2.50 bits per heavy atom. The van der Waals surface area contributed by atoms with Crippen LogP contribution in [0.2, 0.25) is 0 Å². The monoisotopic (exact) mass is 414 g/mol. The Bertz CT molecular complexity index is 914. The molecule has 1 fully saturated rings. The van der Waals surface area contributed by atoms with Crippen LogP contribution in [0.25, 0.3) is 0 Å². The van der Waals surface area contributed by atoms with E-state index in [4.69, 9.17) is 0 Å². The summed E-state index contributed by atoms with van der Waals surface area (Å²) in [6, 6.07) is 12.0. The molecule has 8 nitrogen and oxygen atoms in total. The average molecular weight is 414 g/mol. The van der Waals surface area contributed by atoms with Gasteiger partial charge in [-0.25, -0.2) is 9.18 Å². The number of hydrogen-bond donors (Lipinski definition) is 2. The standard InChI is InChI=1S/C21H23FN4O4/c22-18-8-7-17(26(29)30)14-19(18)24-21(28)23-16-10-12-25(13-11-16)20(27)9-6-15-4-2-1-3-5-15/h1-5,7-8,14,16H,6,9-13H2,(H2,23,24,28). The van der Waals surface area contributed by atoms with Gasteiger partial charge in [-0.2, -0.15) is 0 Å². The number of rotatable bonds is 6. The topological polar surface area (TPSA) is 105 Å². The van der Waals surface area contributed by atoms with Crippen LogP contribution in [0.1, 0.15) is 24.8 Å². The molecule has 0 unspecified atom stereocenters. The van der Waals surface area contributed by atoms with Crippen molar-refractivity contribution in [2.75, 3.05) is 18.4 Å². The first kappa shape index (κ1) is 21.2. The van der Waals surface area contributed by atoms with Gasteiger partial charge < -0.3 is 15.5 Å². The normalized spacial score (nSPS) is 14.2. The number of urea groups is 1. The van der Waals surface area contributed by atoms with Crippen LogP contribution in [0.5, 0.6) is 0 Å². The van der Waals surface area contributed by atoms with E-state index in [2.05, 4.69) is 10.6 Å². The van der Waals surface area contributed by atoms with Crippen LogP contribution in [0.3, 0.4) is 0 Å². The summed E-state index contributed by atoms with van der Waals surface area (Å²) in [5.74, 6) is -0.671. The fourth-order valence-electron chi connectivity index (χ4n) is 3.39. The van der Waals surface area contributed by atoms with E-state index in [-0.39, 0.29) is 23.3 Å². The smallest absolute Gasteiger partial charge is 0.319 e. The highest BCUT2D eigenvalue weighted by atomic mass is 19.1. The average Bonchev–Trinajstić information content (AvgIpc) is 2.74. The highest BCUT2D eigenvalue weighted by Gasteiger charge is 2.24. The number of nitro benzene ring substituents is 1. The van der Waals surface area contributed by atoms with Crippen LogP contribution in [-0.2, 0) is 11.2 Å². The van der Waals surface area contributed by atoms with E-state index < -0.39 is 16.8 Å². The van der Waals surface area contributed by atoms with E-state index in [0.29, 0.717) is 38.8 Å². The minimum atomic E-state index is -0.755. The van der Waals surface area contributed by atoms with Gasteiger partial charge in [0.1, 0.15) is 5.82 Å². The Balaban J connectivity index is 1.44. The van der Waals surface area contributed by atoms with Crippen LogP contribution in [0, 0.1) is 15.9 Å². The third-order valence-corrected chi connectivity index (χ3v) is 5.06. The van der Waals surface area contributed by atoms with Gasteiger partial charge in [-0.3, -0.25) is 14.9 Å². The molecule has 0 radical (unpaired) electrons. The predicted octanol–water partition coefficient (Wildman–Crippen LogP) is 3.48. The summed E-state index contributed by atoms with van der Waals surface area (Å²) in [7, 11) is 0. The third kappa shape index (κ3) is 5.76. The molecule has 9 heteroatoms. The molecule has 1 aliphatic rings. The van der Waals surface area contributed by atoms with Crippen LogP contribution in [0.4, 0.5) is 20.6 Å². The fraction of sp³-hybridized carbons (Fsp3) is 0.333. The lowest BCUT2D eigenvalue weighted by Crippen LogP contribution is -2.47. The molecular formula is C21H23FN4O4. The molecule has 1 heterocycles. The summed E-state index contributed by atoms with van der Waals surface area (Å²) < 4.78 is 13.8. The second-order valence-corrected chi connectivity index (χ2v) is 7.16. The van der Waals surface area contributed by atoms with Gasteiger partial charge >= 0.3 is 6.03 Å². The molecule has 2 aromatic rings. The number of anilines is 1. The number of nitrogens with one attached hydrogen (secondary N) is 2. The second kappa shape index (κ2) is 9.82. The van der Waals surface area contributed by atoms with E-state index in [1.54, 1.807) is 4.90 Å². The minimum absolute atomic E-state index is 0.0837. The number of benzene rings is 2. The number of piperidine rings is 1. The number of aryl methyl sites for hydroxylation is 1. The van der Waals surface area contributed by atoms with Gasteiger partial charge in [0, 0.05) is 37.7 Å². The third-order valence-electron chi connectivity index (χ3n) is 5.06. The van der Waals surface area contributed by atoms with Gasteiger partial charge in [0.2, 0.25) is 5.91 Å². The number of nitro groups is 1. The molecule has 0 aromatic heterocycles. The maximum atomic E-state index is 13.8. The molecule has 2 N–H and O–H groups in total. The zero-order chi connectivity index (χ0) is 21.5. The first-order valence-corrected chi connectivity index (χ1v) is 9.75. The van der Waals surface area contributed by atoms with E-state index >= 15 is 0 Å². The van der Waals surface area contributed by atoms with E-state index in [0.717, 1.165) is 23.8 Å². The number of amides is 3. The van der Waals surface area contributed by atoms with E-state index in [1.807, 2.05) is 30.3 Å². The zero-order valence-electron chi connectivity index (χ0n) is 16.3. The van der Waals surface area contributed by atoms with Crippen molar-refractivity contribution >= 4 is 23.3 Å². The molecule has 0 aliphatic carbocycles. The number of nitrogens with zero attached hydrogens (tertiary/aromatic N) is 2. The van der Waals surface area contributed by atoms with Crippen LogP contribution < -0.4 is 10.6 Å². The summed E-state index contributed by atoms with van der Waals surface area (Å²) in [5.41, 5.74) is 0.553. The lowest BCUT2D eigenvalue weighted by molar-refractivity contribution is -0.384. The lowest BCUT2D eigenvalue weighted by atomic mass is 10.0. The quantitative estimate of drug-likeness (QED) is 0.558. The van der Waals surface area contributed by atoms with Gasteiger partial charge in [0.05, 0.1) is 10.6 Å². The number of halogens is 1. The molecule has 3 amide bonds. The van der Waals surface area contributed by atoms with Crippen LogP contribution in [0.15, 0.2) is 48.5 Å². The number of carbonyl (C=O) groups is 2. The molecule has 0 atom stereocenters. The summed E-state index contributed by atoms with van der Waals surface area (Å²) in [6.07, 6.45) is 2.30. The van der Waals surface area contributed by atoms with Crippen molar-refractivity contribution in [1.29, 1.82) is 0 Å². The first-order chi connectivity index (χ1) is 14.4. The first-order valence-electron chi connectivity index (χ1n) is 9.75. The largest absolute Gasteiger partial charge is 0.343 e. The molecule has 1 aliphatic heterocycles. The second-order valence-electron chi connectivity index (χ2n) is 7.16. The van der Waals surface area contributed by atoms with Crippen LogP contribution >= 0.6 is 0 Å². The molecule has 158 valence electrons. The lowest BCUT2D eigenvalue weighted by Gasteiger charge is -2.32. The maximum Gasteiger partial charge on any atom is 0.319 e. The number of non-ortho nitro benzene ring substituents is 1. The van der Waals surface area contributed by atoms with Gasteiger partial charge in [-0.1, -0.05) is 30.3 Å². The van der Waals surface area contributed by atoms with Crippen molar-refractivity contribution in [3.8, 4) is 0 Å². The molecule has 0 saturated carbocycles. The summed E-state index contributed by atoms with van der Waals surface area (Å²) >= 11 is 0. The summed E-state index contributed by atoms with van der Waals surface area (Å²) in [5, 5.41) is 15.9. The Labute approximate surface area is 173 Å². The van der Waals surface area contributed by atoms with Crippen molar-refractivity contribution < 1.29 is 18.9 Å². The Morgan fingerprint density at radius 1 is 1.13 bits per heavy atom. The molecule has 1 saturated heterocycles. The molecular weight excluding hydrogens is 391 g/mol. The van der Waals surface area contributed by atoms with Crippen molar-refractivity contribution in [3.05, 3.63) is 70.0 Å². The van der Waals surface area contributed by atoms with Gasteiger partial charge in [0.25, 0.3) is 5.69 Å². The molecule has 0 bridgehead atoms. The molecule has 3 rings (SSSR count). The Morgan fingerprint density at radius 2 is 1.83 bits per heavy atom. The van der Waals surface area contributed by atoms with Crippen molar-refractivity contribution in [2.24, 2.45) is 0 Å². The van der Waals surface area contributed by atoms with Crippen molar-refractivity contribution in [1.82, 2.24) is 10.2 Å². The van der Waals surface area contributed by atoms with Crippen LogP contribution in [-0.4, -0.2) is 40.9 Å². The van der Waals surface area contributed by atoms with Crippen molar-refractivity contribution in [3.63, 3.8) is 0 Å². The highest BCUT2D eigenvalue weighted by molar-refractivity contribution is 5.90. The van der Waals surface area contributed by atoms with Crippen molar-refractivity contribution in [2.45, 2.75) is 31.7 Å². The van der Waals surface area contributed by atoms with Gasteiger partial charge in [0.15, 0.2) is 0 Å². The maximum absolute atomic E-state index is 13.8. The number of likely N-dealkylation sites (tertiary alicyclic amines) is 1. The van der Waals surface area contributed by atoms with E-state index in [9.17, 15) is 24.1 Å². The van der Waals surface area contributed by atoms with E-state index in [1.165, 1.54) is 0 Å². The summed E-state index contributed by atoms with van der Waals surface area (Å²) in [4.78, 5) is 36.5. The zero-order valence-corrected chi connectivity index (χ0v) is 16.3. The number of carbonyl (C=O) groups excluding carboxylic acids is 2. The number of hydrogen-bond acceptors (Lipinski definition) is 4. The Kier molecular flexibility index (Phi) is 6.95.